The lowest BCUT2D eigenvalue weighted by Gasteiger charge is -2.30. The smallest absolute Gasteiger partial charge is 0.235 e. The zero-order valence-corrected chi connectivity index (χ0v) is 14.6. The van der Waals surface area contributed by atoms with Crippen LogP contribution in [-0.2, 0) is 14.6 Å². The van der Waals surface area contributed by atoms with Crippen molar-refractivity contribution in [2.45, 2.75) is 24.3 Å². The summed E-state index contributed by atoms with van der Waals surface area (Å²) < 4.78 is 24.3. The predicted octanol–water partition coefficient (Wildman–Crippen LogP) is 1.65. The van der Waals surface area contributed by atoms with E-state index in [0.717, 1.165) is 19.5 Å². The van der Waals surface area contributed by atoms with Gasteiger partial charge in [0.05, 0.1) is 4.90 Å². The van der Waals surface area contributed by atoms with Crippen molar-refractivity contribution in [2.24, 2.45) is 5.92 Å². The molecule has 1 aromatic carbocycles. The zero-order chi connectivity index (χ0) is 15.5. The first-order valence-electron chi connectivity index (χ1n) is 6.87. The van der Waals surface area contributed by atoms with Gasteiger partial charge in [0.2, 0.25) is 5.91 Å². The molecule has 0 saturated carbocycles. The molecular formula is C14H20Cl2N2O3S. The van der Waals surface area contributed by atoms with E-state index >= 15 is 0 Å². The van der Waals surface area contributed by atoms with E-state index in [4.69, 9.17) is 11.6 Å². The SMILES string of the molecule is CC1CNCCC1NC(=O)CS(=O)(=O)c1ccc(Cl)cc1.Cl. The van der Waals surface area contributed by atoms with Crippen molar-refractivity contribution >= 4 is 39.8 Å². The van der Waals surface area contributed by atoms with Crippen LogP contribution in [0.15, 0.2) is 29.2 Å². The maximum absolute atomic E-state index is 12.2. The van der Waals surface area contributed by atoms with E-state index in [1.165, 1.54) is 24.3 Å². The van der Waals surface area contributed by atoms with Crippen LogP contribution in [0.1, 0.15) is 13.3 Å². The van der Waals surface area contributed by atoms with Crippen LogP contribution in [0.4, 0.5) is 0 Å². The van der Waals surface area contributed by atoms with Gasteiger partial charge in [-0.1, -0.05) is 18.5 Å². The first-order valence-corrected chi connectivity index (χ1v) is 8.90. The highest BCUT2D eigenvalue weighted by Gasteiger charge is 2.25. The van der Waals surface area contributed by atoms with Crippen molar-refractivity contribution in [1.82, 2.24) is 10.6 Å². The zero-order valence-electron chi connectivity index (χ0n) is 12.2. The van der Waals surface area contributed by atoms with Gasteiger partial charge in [-0.2, -0.15) is 0 Å². The number of carbonyl (C=O) groups is 1. The highest BCUT2D eigenvalue weighted by atomic mass is 35.5. The van der Waals surface area contributed by atoms with Gasteiger partial charge in [-0.15, -0.1) is 12.4 Å². The molecule has 1 aliphatic rings. The third kappa shape index (κ3) is 5.12. The van der Waals surface area contributed by atoms with E-state index in [1.807, 2.05) is 6.92 Å². The van der Waals surface area contributed by atoms with Crippen molar-refractivity contribution in [2.75, 3.05) is 18.8 Å². The van der Waals surface area contributed by atoms with Crippen molar-refractivity contribution in [3.63, 3.8) is 0 Å². The van der Waals surface area contributed by atoms with Crippen LogP contribution in [0.25, 0.3) is 0 Å². The Kier molecular flexibility index (Phi) is 7.12. The van der Waals surface area contributed by atoms with E-state index in [9.17, 15) is 13.2 Å². The van der Waals surface area contributed by atoms with Gasteiger partial charge in [0, 0.05) is 11.1 Å². The summed E-state index contributed by atoms with van der Waals surface area (Å²) in [6.07, 6.45) is 0.813. The molecule has 0 aromatic heterocycles. The fourth-order valence-electron chi connectivity index (χ4n) is 2.37. The Morgan fingerprint density at radius 2 is 2.00 bits per heavy atom. The number of carbonyl (C=O) groups excluding carboxylic acids is 1. The van der Waals surface area contributed by atoms with Gasteiger partial charge in [-0.05, 0) is 49.7 Å². The van der Waals surface area contributed by atoms with Gasteiger partial charge in [0.25, 0.3) is 0 Å². The topological polar surface area (TPSA) is 75.3 Å². The Morgan fingerprint density at radius 1 is 1.36 bits per heavy atom. The summed E-state index contributed by atoms with van der Waals surface area (Å²) in [6, 6.07) is 5.86. The number of nitrogens with one attached hydrogen (secondary N) is 2. The minimum Gasteiger partial charge on any atom is -0.352 e. The second-order valence-corrected chi connectivity index (χ2v) is 7.78. The van der Waals surface area contributed by atoms with Crippen molar-refractivity contribution in [3.05, 3.63) is 29.3 Å². The molecule has 1 saturated heterocycles. The molecule has 8 heteroatoms. The summed E-state index contributed by atoms with van der Waals surface area (Å²) >= 11 is 5.73. The number of hydrogen-bond acceptors (Lipinski definition) is 4. The van der Waals surface area contributed by atoms with Gasteiger partial charge in [-0.25, -0.2) is 8.42 Å². The number of amides is 1. The molecule has 2 unspecified atom stereocenters. The molecule has 0 spiro atoms. The predicted molar refractivity (Wildman–Crippen MR) is 89.3 cm³/mol. The molecule has 124 valence electrons. The molecule has 0 bridgehead atoms. The maximum atomic E-state index is 12.2. The lowest BCUT2D eigenvalue weighted by Crippen LogP contribution is -2.49. The number of hydrogen-bond donors (Lipinski definition) is 2. The van der Waals surface area contributed by atoms with Crippen molar-refractivity contribution < 1.29 is 13.2 Å². The minimum atomic E-state index is -3.63. The summed E-state index contributed by atoms with van der Waals surface area (Å²) in [5, 5.41) is 6.52. The lowest BCUT2D eigenvalue weighted by molar-refractivity contribution is -0.119. The first-order chi connectivity index (χ1) is 9.88. The molecule has 2 atom stereocenters. The van der Waals surface area contributed by atoms with E-state index in [1.54, 1.807) is 0 Å². The van der Waals surface area contributed by atoms with Gasteiger partial charge >= 0.3 is 0 Å². The van der Waals surface area contributed by atoms with E-state index in [0.29, 0.717) is 10.9 Å². The normalized spacial score (nSPS) is 21.7. The Labute approximate surface area is 142 Å². The lowest BCUT2D eigenvalue weighted by atomic mass is 9.95. The molecule has 2 N–H and O–H groups in total. The van der Waals surface area contributed by atoms with E-state index in [2.05, 4.69) is 10.6 Å². The monoisotopic (exact) mass is 366 g/mol. The van der Waals surface area contributed by atoms with Crippen LogP contribution >= 0.6 is 24.0 Å². The van der Waals surface area contributed by atoms with Gasteiger partial charge < -0.3 is 10.6 Å². The Morgan fingerprint density at radius 3 is 2.59 bits per heavy atom. The summed E-state index contributed by atoms with van der Waals surface area (Å²) in [5.41, 5.74) is 0. The van der Waals surface area contributed by atoms with Crippen LogP contribution in [0.3, 0.4) is 0 Å². The quantitative estimate of drug-likeness (QED) is 0.849. The summed E-state index contributed by atoms with van der Waals surface area (Å²) in [4.78, 5) is 12.1. The molecule has 0 aliphatic carbocycles. The molecule has 1 amide bonds. The minimum absolute atomic E-state index is 0. The third-order valence-electron chi connectivity index (χ3n) is 3.63. The Hall–Kier alpha value is -0.820. The molecule has 2 rings (SSSR count). The van der Waals surface area contributed by atoms with Crippen molar-refractivity contribution in [3.8, 4) is 0 Å². The van der Waals surface area contributed by atoms with Crippen LogP contribution in [0.2, 0.25) is 5.02 Å². The van der Waals surface area contributed by atoms with Crippen molar-refractivity contribution in [1.29, 1.82) is 0 Å². The van der Waals surface area contributed by atoms with Gasteiger partial charge in [-0.3, -0.25) is 4.79 Å². The average Bonchev–Trinajstić information content (AvgIpc) is 2.41. The number of piperidine rings is 1. The first kappa shape index (κ1) is 19.2. The van der Waals surface area contributed by atoms with Crippen LogP contribution in [0.5, 0.6) is 0 Å². The highest BCUT2D eigenvalue weighted by molar-refractivity contribution is 7.92. The average molecular weight is 367 g/mol. The van der Waals surface area contributed by atoms with E-state index < -0.39 is 21.5 Å². The van der Waals surface area contributed by atoms with Crippen LogP contribution in [-0.4, -0.2) is 39.2 Å². The van der Waals surface area contributed by atoms with Crippen LogP contribution < -0.4 is 10.6 Å². The molecule has 1 fully saturated rings. The van der Waals surface area contributed by atoms with Crippen LogP contribution in [0, 0.1) is 5.92 Å². The molecule has 1 aliphatic heterocycles. The summed E-state index contributed by atoms with van der Waals surface area (Å²) in [6.45, 7) is 3.69. The fourth-order valence-corrected chi connectivity index (χ4v) is 3.65. The fraction of sp³-hybridized carbons (Fsp3) is 0.500. The van der Waals surface area contributed by atoms with Gasteiger partial charge in [0.15, 0.2) is 9.84 Å². The molecule has 22 heavy (non-hydrogen) atoms. The third-order valence-corrected chi connectivity index (χ3v) is 5.51. The van der Waals surface area contributed by atoms with Gasteiger partial charge in [0.1, 0.15) is 5.75 Å². The Balaban J connectivity index is 0.00000242. The molecule has 5 nitrogen and oxygen atoms in total. The molecule has 1 aromatic rings. The number of rotatable bonds is 4. The number of sulfone groups is 1. The number of benzene rings is 1. The standard InChI is InChI=1S/C14H19ClN2O3S.ClH/c1-10-8-16-7-6-13(10)17-14(18)9-21(19,20)12-4-2-11(15)3-5-12;/h2-5,10,13,16H,6-9H2,1H3,(H,17,18);1H. The molecule has 1 heterocycles. The highest BCUT2D eigenvalue weighted by Crippen LogP contribution is 2.16. The molecular weight excluding hydrogens is 347 g/mol. The van der Waals surface area contributed by atoms with E-state index in [-0.39, 0.29) is 23.3 Å². The maximum Gasteiger partial charge on any atom is 0.235 e. The Bertz CT molecular complexity index is 605. The largest absolute Gasteiger partial charge is 0.352 e. The summed E-state index contributed by atoms with van der Waals surface area (Å²) in [7, 11) is -3.63. The second-order valence-electron chi connectivity index (χ2n) is 5.36. The molecule has 0 radical (unpaired) electrons. The summed E-state index contributed by atoms with van der Waals surface area (Å²) in [5.74, 6) is -0.699. The number of halogens is 2. The second kappa shape index (κ2) is 8.15.